The third-order valence-corrected chi connectivity index (χ3v) is 5.55. The molecule has 6 nitrogen and oxygen atoms in total. The largest absolute Gasteiger partial charge is 0.342 e. The fourth-order valence-corrected chi connectivity index (χ4v) is 4.09. The highest BCUT2D eigenvalue weighted by Gasteiger charge is 2.28. The molecule has 1 amide bonds. The summed E-state index contributed by atoms with van der Waals surface area (Å²) in [5.74, 6) is -0.625. The van der Waals surface area contributed by atoms with Crippen molar-refractivity contribution in [3.05, 3.63) is 46.8 Å². The molecule has 0 unspecified atom stereocenters. The van der Waals surface area contributed by atoms with E-state index in [9.17, 15) is 22.0 Å². The maximum Gasteiger partial charge on any atom is 0.272 e. The van der Waals surface area contributed by atoms with Gasteiger partial charge in [-0.2, -0.15) is 4.72 Å². The van der Waals surface area contributed by atoms with Gasteiger partial charge in [-0.1, -0.05) is 5.92 Å². The Bertz CT molecular complexity index is 1020. The second kappa shape index (κ2) is 7.27. The van der Waals surface area contributed by atoms with Crippen LogP contribution in [0.3, 0.4) is 0 Å². The van der Waals surface area contributed by atoms with E-state index in [0.717, 1.165) is 12.1 Å². The number of sulfonamides is 1. The number of amides is 1. The third kappa shape index (κ3) is 3.61. The van der Waals surface area contributed by atoms with Gasteiger partial charge in [0.2, 0.25) is 10.0 Å². The Morgan fingerprint density at radius 3 is 2.50 bits per heavy atom. The minimum absolute atomic E-state index is 0.0435. The van der Waals surface area contributed by atoms with Crippen LogP contribution in [0.1, 0.15) is 21.7 Å². The predicted molar refractivity (Wildman–Crippen MR) is 93.2 cm³/mol. The molecular weight excluding hydrogens is 364 g/mol. The van der Waals surface area contributed by atoms with Crippen molar-refractivity contribution in [2.75, 3.05) is 11.9 Å². The Labute approximate surface area is 150 Å². The first-order valence-electron chi connectivity index (χ1n) is 7.45. The number of nitrogens with zero attached hydrogens (tertiary/aromatic N) is 1. The average molecular weight is 381 g/mol. The average Bonchev–Trinajstić information content (AvgIpc) is 2.79. The molecule has 2 N–H and O–H groups in total. The summed E-state index contributed by atoms with van der Waals surface area (Å²) in [4.78, 5) is 12.5. The van der Waals surface area contributed by atoms with Crippen LogP contribution in [0.5, 0.6) is 0 Å². The van der Waals surface area contributed by atoms with Gasteiger partial charge in [-0.05, 0) is 26.0 Å². The summed E-state index contributed by atoms with van der Waals surface area (Å²) in [7, 11) is -2.38. The lowest BCUT2D eigenvalue weighted by atomic mass is 10.2. The Kier molecular flexibility index (Phi) is 5.49. The first-order chi connectivity index (χ1) is 12.1. The summed E-state index contributed by atoms with van der Waals surface area (Å²) in [5.41, 5.74) is 0.674. The summed E-state index contributed by atoms with van der Waals surface area (Å²) in [6, 6.07) is 2.92. The lowest BCUT2D eigenvalue weighted by Gasteiger charge is -2.08. The van der Waals surface area contributed by atoms with Crippen molar-refractivity contribution in [3.63, 3.8) is 0 Å². The molecule has 0 saturated carbocycles. The zero-order valence-corrected chi connectivity index (χ0v) is 15.2. The molecular formula is C17H17F2N3O3S. The topological polar surface area (TPSA) is 80.2 Å². The summed E-state index contributed by atoms with van der Waals surface area (Å²) in [6.07, 6.45) is 5.08. The summed E-state index contributed by atoms with van der Waals surface area (Å²) in [5, 5.41) is 2.43. The van der Waals surface area contributed by atoms with Crippen molar-refractivity contribution < 1.29 is 22.0 Å². The lowest BCUT2D eigenvalue weighted by molar-refractivity contribution is 0.101. The molecule has 1 heterocycles. The van der Waals surface area contributed by atoms with Gasteiger partial charge in [0.25, 0.3) is 5.91 Å². The van der Waals surface area contributed by atoms with Crippen LogP contribution in [0, 0.1) is 37.8 Å². The maximum atomic E-state index is 13.3. The van der Waals surface area contributed by atoms with Gasteiger partial charge < -0.3 is 9.88 Å². The van der Waals surface area contributed by atoms with Gasteiger partial charge >= 0.3 is 0 Å². The van der Waals surface area contributed by atoms with Gasteiger partial charge in [-0.25, -0.2) is 17.2 Å². The predicted octanol–water partition coefficient (Wildman–Crippen LogP) is 2.08. The first kappa shape index (κ1) is 19.6. The number of benzene rings is 1. The summed E-state index contributed by atoms with van der Waals surface area (Å²) in [6.45, 7) is 2.84. The van der Waals surface area contributed by atoms with Crippen molar-refractivity contribution in [2.45, 2.75) is 18.7 Å². The van der Waals surface area contributed by atoms with E-state index in [1.807, 2.05) is 0 Å². The number of anilines is 1. The van der Waals surface area contributed by atoms with E-state index in [2.05, 4.69) is 16.0 Å². The van der Waals surface area contributed by atoms with E-state index in [0.29, 0.717) is 5.69 Å². The number of carbonyl (C=O) groups is 1. The van der Waals surface area contributed by atoms with Crippen molar-refractivity contribution in [2.24, 2.45) is 7.05 Å². The molecule has 9 heteroatoms. The van der Waals surface area contributed by atoms with Crippen molar-refractivity contribution in [1.29, 1.82) is 0 Å². The number of nitrogens with one attached hydrogen (secondary N) is 2. The quantitative estimate of drug-likeness (QED) is 0.779. The third-order valence-electron chi connectivity index (χ3n) is 3.89. The van der Waals surface area contributed by atoms with Gasteiger partial charge in [0.15, 0.2) is 11.6 Å². The summed E-state index contributed by atoms with van der Waals surface area (Å²) >= 11 is 0. The van der Waals surface area contributed by atoms with Gasteiger partial charge in [-0.15, -0.1) is 6.42 Å². The van der Waals surface area contributed by atoms with Gasteiger partial charge in [0, 0.05) is 30.1 Å². The molecule has 0 radical (unpaired) electrons. The van der Waals surface area contributed by atoms with Crippen LogP contribution < -0.4 is 10.0 Å². The van der Waals surface area contributed by atoms with Crippen LogP contribution >= 0.6 is 0 Å². The minimum atomic E-state index is -3.91. The molecule has 1 aromatic carbocycles. The van der Waals surface area contributed by atoms with Gasteiger partial charge in [0.1, 0.15) is 10.6 Å². The molecule has 2 rings (SSSR count). The monoisotopic (exact) mass is 381 g/mol. The van der Waals surface area contributed by atoms with Gasteiger partial charge in [-0.3, -0.25) is 4.79 Å². The zero-order valence-electron chi connectivity index (χ0n) is 14.4. The van der Waals surface area contributed by atoms with E-state index in [1.165, 1.54) is 24.6 Å². The Morgan fingerprint density at radius 2 is 1.92 bits per heavy atom. The zero-order chi connectivity index (χ0) is 19.6. The molecule has 0 atom stereocenters. The van der Waals surface area contributed by atoms with E-state index >= 15 is 0 Å². The second-order valence-corrected chi connectivity index (χ2v) is 7.26. The highest BCUT2D eigenvalue weighted by molar-refractivity contribution is 7.89. The first-order valence-corrected chi connectivity index (χ1v) is 8.94. The number of carbonyl (C=O) groups excluding carboxylic acids is 1. The molecule has 0 aliphatic rings. The second-order valence-electron chi connectivity index (χ2n) is 5.56. The molecule has 26 heavy (non-hydrogen) atoms. The number of hydrogen-bond donors (Lipinski definition) is 2. The fraction of sp³-hybridized carbons (Fsp3) is 0.235. The van der Waals surface area contributed by atoms with Crippen LogP contribution in [0.2, 0.25) is 0 Å². The standard InChI is InChI=1S/C17H17F2N3O3S/c1-5-8-20-26(24,25)16-10(2)15(22(4)11(16)3)17(23)21-12-6-7-13(18)14(19)9-12/h1,6-7,9,20H,8H2,2-4H3,(H,21,23). The number of aromatic nitrogens is 1. The highest BCUT2D eigenvalue weighted by atomic mass is 32.2. The molecule has 138 valence electrons. The van der Waals surface area contributed by atoms with Crippen LogP contribution in [0.15, 0.2) is 23.1 Å². The molecule has 1 aromatic heterocycles. The SMILES string of the molecule is C#CCNS(=O)(=O)c1c(C)c(C(=O)Nc2ccc(F)c(F)c2)n(C)c1C. The lowest BCUT2D eigenvalue weighted by Crippen LogP contribution is -2.25. The van der Waals surface area contributed by atoms with E-state index in [-0.39, 0.29) is 28.4 Å². The van der Waals surface area contributed by atoms with Crippen molar-refractivity contribution in [3.8, 4) is 12.3 Å². The van der Waals surface area contributed by atoms with Crippen molar-refractivity contribution in [1.82, 2.24) is 9.29 Å². The number of rotatable bonds is 5. The molecule has 0 saturated heterocycles. The molecule has 0 spiro atoms. The Morgan fingerprint density at radius 1 is 1.27 bits per heavy atom. The molecule has 2 aromatic rings. The maximum absolute atomic E-state index is 13.3. The molecule has 0 aliphatic heterocycles. The van der Waals surface area contributed by atoms with E-state index < -0.39 is 27.6 Å². The molecule has 0 aliphatic carbocycles. The van der Waals surface area contributed by atoms with Gasteiger partial charge in [0.05, 0.1) is 6.54 Å². The molecule has 0 bridgehead atoms. The van der Waals surface area contributed by atoms with Crippen LogP contribution in [-0.2, 0) is 17.1 Å². The van der Waals surface area contributed by atoms with Crippen LogP contribution in [0.25, 0.3) is 0 Å². The molecule has 0 fully saturated rings. The van der Waals surface area contributed by atoms with E-state index in [4.69, 9.17) is 6.42 Å². The van der Waals surface area contributed by atoms with Crippen molar-refractivity contribution >= 4 is 21.6 Å². The smallest absolute Gasteiger partial charge is 0.272 e. The fourth-order valence-electron chi connectivity index (χ4n) is 2.64. The number of hydrogen-bond acceptors (Lipinski definition) is 3. The number of terminal acetylenes is 1. The Balaban J connectivity index is 2.44. The van der Waals surface area contributed by atoms with Crippen LogP contribution in [0.4, 0.5) is 14.5 Å². The normalized spacial score (nSPS) is 11.2. The summed E-state index contributed by atoms with van der Waals surface area (Å²) < 4.78 is 54.8. The van der Waals surface area contributed by atoms with E-state index in [1.54, 1.807) is 6.92 Å². The minimum Gasteiger partial charge on any atom is -0.342 e. The highest BCUT2D eigenvalue weighted by Crippen LogP contribution is 2.26. The van der Waals surface area contributed by atoms with Crippen LogP contribution in [-0.4, -0.2) is 25.4 Å². The Hall–Kier alpha value is -2.70. The number of halogens is 2.